The van der Waals surface area contributed by atoms with Crippen LogP contribution in [0.15, 0.2) is 95.0 Å². The van der Waals surface area contributed by atoms with Crippen molar-refractivity contribution in [2.24, 2.45) is 0 Å². The fraction of sp³-hybridized carbons (Fsp3) is 0.0833. The van der Waals surface area contributed by atoms with Crippen LogP contribution in [0.1, 0.15) is 11.5 Å². The van der Waals surface area contributed by atoms with Gasteiger partial charge in [0.1, 0.15) is 12.3 Å². The van der Waals surface area contributed by atoms with Crippen LogP contribution >= 0.6 is 11.8 Å². The SMILES string of the molecule is O=c1cc(CSc2nnc(COc3ccccc3F)n2-c2ccccc2)nc2ccccn12. The number of fused-ring (bicyclic) bond motifs is 1. The number of hydrogen-bond acceptors (Lipinski definition) is 6. The first kappa shape index (κ1) is 20.9. The summed E-state index contributed by atoms with van der Waals surface area (Å²) in [4.78, 5) is 16.9. The predicted octanol–water partition coefficient (Wildman–Crippen LogP) is 4.29. The van der Waals surface area contributed by atoms with Crippen LogP contribution in [-0.4, -0.2) is 24.1 Å². The van der Waals surface area contributed by atoms with Gasteiger partial charge in [0, 0.05) is 23.7 Å². The lowest BCUT2D eigenvalue weighted by atomic mass is 10.3. The number of thioether (sulfide) groups is 1. The largest absolute Gasteiger partial charge is 0.483 e. The molecule has 9 heteroatoms. The summed E-state index contributed by atoms with van der Waals surface area (Å²) in [5.74, 6) is 0.667. The smallest absolute Gasteiger partial charge is 0.258 e. The molecule has 0 aliphatic carbocycles. The highest BCUT2D eigenvalue weighted by Crippen LogP contribution is 2.26. The molecule has 5 rings (SSSR count). The summed E-state index contributed by atoms with van der Waals surface area (Å²) in [6.07, 6.45) is 1.69. The van der Waals surface area contributed by atoms with Gasteiger partial charge in [0.25, 0.3) is 5.56 Å². The highest BCUT2D eigenvalue weighted by atomic mass is 32.2. The van der Waals surface area contributed by atoms with Crippen molar-refractivity contribution in [2.75, 3.05) is 0 Å². The van der Waals surface area contributed by atoms with Gasteiger partial charge in [0.15, 0.2) is 22.5 Å². The Balaban J connectivity index is 1.43. The molecule has 0 fully saturated rings. The fourth-order valence-corrected chi connectivity index (χ4v) is 4.21. The monoisotopic (exact) mass is 459 g/mol. The summed E-state index contributed by atoms with van der Waals surface area (Å²) >= 11 is 1.41. The third-order valence-electron chi connectivity index (χ3n) is 4.88. The molecule has 33 heavy (non-hydrogen) atoms. The van der Waals surface area contributed by atoms with Gasteiger partial charge in [0.05, 0.1) is 5.69 Å². The minimum absolute atomic E-state index is 0.0406. The summed E-state index contributed by atoms with van der Waals surface area (Å²) in [6, 6.07) is 22.8. The van der Waals surface area contributed by atoms with Gasteiger partial charge in [-0.1, -0.05) is 48.2 Å². The third-order valence-corrected chi connectivity index (χ3v) is 5.84. The summed E-state index contributed by atoms with van der Waals surface area (Å²) in [6.45, 7) is 0.0406. The molecule has 2 aromatic carbocycles. The zero-order valence-electron chi connectivity index (χ0n) is 17.3. The van der Waals surface area contributed by atoms with Gasteiger partial charge in [-0.15, -0.1) is 10.2 Å². The van der Waals surface area contributed by atoms with Crippen LogP contribution in [-0.2, 0) is 12.4 Å². The highest BCUT2D eigenvalue weighted by molar-refractivity contribution is 7.98. The first-order valence-electron chi connectivity index (χ1n) is 10.2. The Morgan fingerprint density at radius 2 is 1.73 bits per heavy atom. The molecule has 0 saturated carbocycles. The molecule has 164 valence electrons. The first-order chi connectivity index (χ1) is 16.2. The molecule has 3 aromatic heterocycles. The van der Waals surface area contributed by atoms with Gasteiger partial charge in [-0.05, 0) is 36.4 Å². The molecule has 0 bridgehead atoms. The highest BCUT2D eigenvalue weighted by Gasteiger charge is 2.16. The Kier molecular flexibility index (Phi) is 5.86. The maximum Gasteiger partial charge on any atom is 0.258 e. The van der Waals surface area contributed by atoms with Crippen LogP contribution in [0.25, 0.3) is 11.3 Å². The van der Waals surface area contributed by atoms with E-state index in [0.29, 0.717) is 28.1 Å². The van der Waals surface area contributed by atoms with Gasteiger partial charge >= 0.3 is 0 Å². The maximum atomic E-state index is 14.0. The zero-order valence-corrected chi connectivity index (χ0v) is 18.2. The number of nitrogens with zero attached hydrogens (tertiary/aromatic N) is 5. The molecule has 5 aromatic rings. The molecular formula is C24H18FN5O2S. The van der Waals surface area contributed by atoms with E-state index in [0.717, 1.165) is 5.69 Å². The Morgan fingerprint density at radius 3 is 2.58 bits per heavy atom. The number of rotatable bonds is 7. The van der Waals surface area contributed by atoms with E-state index in [1.807, 2.05) is 41.0 Å². The van der Waals surface area contributed by atoms with E-state index in [1.165, 1.54) is 28.3 Å². The third kappa shape index (κ3) is 4.49. The van der Waals surface area contributed by atoms with E-state index in [2.05, 4.69) is 15.2 Å². The Bertz CT molecular complexity index is 1470. The van der Waals surface area contributed by atoms with Crippen LogP contribution in [0, 0.1) is 5.82 Å². The molecule has 0 aliphatic rings. The Labute approximate surface area is 192 Å². The van der Waals surface area contributed by atoms with Gasteiger partial charge < -0.3 is 4.74 Å². The number of hydrogen-bond donors (Lipinski definition) is 0. The standard InChI is InChI=1S/C24H18FN5O2S/c25-19-10-4-5-11-20(19)32-15-22-27-28-24(30(22)18-8-2-1-3-9-18)33-16-17-14-23(31)29-13-7-6-12-21(29)26-17/h1-14H,15-16H2. The average Bonchev–Trinajstić information content (AvgIpc) is 3.25. The second-order valence-corrected chi connectivity index (χ2v) is 8.03. The van der Waals surface area contributed by atoms with E-state index < -0.39 is 5.82 Å². The molecule has 0 radical (unpaired) electrons. The number of pyridine rings is 1. The second kappa shape index (κ2) is 9.25. The lowest BCUT2D eigenvalue weighted by Crippen LogP contribution is -2.14. The second-order valence-electron chi connectivity index (χ2n) is 7.09. The van der Waals surface area contributed by atoms with Crippen molar-refractivity contribution < 1.29 is 9.13 Å². The molecule has 7 nitrogen and oxygen atoms in total. The minimum atomic E-state index is -0.438. The quantitative estimate of drug-likeness (QED) is 0.338. The molecule has 0 unspecified atom stereocenters. The number of ether oxygens (including phenoxy) is 1. The molecule has 3 heterocycles. The maximum absolute atomic E-state index is 14.0. The van der Waals surface area contributed by atoms with Crippen LogP contribution in [0.3, 0.4) is 0 Å². The molecule has 0 atom stereocenters. The summed E-state index contributed by atoms with van der Waals surface area (Å²) in [5, 5.41) is 9.21. The number of aromatic nitrogens is 5. The van der Waals surface area contributed by atoms with E-state index in [-0.39, 0.29) is 17.9 Å². The summed E-state index contributed by atoms with van der Waals surface area (Å²) in [5.41, 5.74) is 1.94. The number of benzene rings is 2. The van der Waals surface area contributed by atoms with Crippen molar-refractivity contribution in [1.29, 1.82) is 0 Å². The molecule has 0 N–H and O–H groups in total. The van der Waals surface area contributed by atoms with Crippen molar-refractivity contribution in [2.45, 2.75) is 17.5 Å². The predicted molar refractivity (Wildman–Crippen MR) is 123 cm³/mol. The van der Waals surface area contributed by atoms with Crippen LogP contribution in [0.4, 0.5) is 4.39 Å². The van der Waals surface area contributed by atoms with Crippen molar-refractivity contribution in [3.8, 4) is 11.4 Å². The van der Waals surface area contributed by atoms with E-state index in [1.54, 1.807) is 36.5 Å². The zero-order chi connectivity index (χ0) is 22.6. The lowest BCUT2D eigenvalue weighted by Gasteiger charge is -2.11. The molecule has 0 aliphatic heterocycles. The Hall–Kier alpha value is -3.98. The molecule has 0 spiro atoms. The summed E-state index contributed by atoms with van der Waals surface area (Å²) in [7, 11) is 0. The van der Waals surface area contributed by atoms with E-state index in [4.69, 9.17) is 4.74 Å². The van der Waals surface area contributed by atoms with Crippen molar-refractivity contribution >= 4 is 17.4 Å². The van der Waals surface area contributed by atoms with Crippen LogP contribution in [0.5, 0.6) is 5.75 Å². The molecule has 0 amide bonds. The number of halogens is 1. The van der Waals surface area contributed by atoms with Crippen LogP contribution in [0.2, 0.25) is 0 Å². The fourth-order valence-electron chi connectivity index (χ4n) is 3.34. The topological polar surface area (TPSA) is 74.3 Å². The molecule has 0 saturated heterocycles. The first-order valence-corrected chi connectivity index (χ1v) is 11.1. The van der Waals surface area contributed by atoms with Crippen molar-refractivity contribution in [1.82, 2.24) is 24.1 Å². The Morgan fingerprint density at radius 1 is 0.939 bits per heavy atom. The van der Waals surface area contributed by atoms with Gasteiger partial charge in [0.2, 0.25) is 0 Å². The van der Waals surface area contributed by atoms with Crippen molar-refractivity contribution in [3.05, 3.63) is 113 Å². The minimum Gasteiger partial charge on any atom is -0.483 e. The molecular weight excluding hydrogens is 441 g/mol. The normalized spacial score (nSPS) is 11.1. The van der Waals surface area contributed by atoms with Gasteiger partial charge in [-0.25, -0.2) is 9.37 Å². The lowest BCUT2D eigenvalue weighted by molar-refractivity contribution is 0.278. The van der Waals surface area contributed by atoms with Gasteiger partial charge in [-0.2, -0.15) is 0 Å². The van der Waals surface area contributed by atoms with E-state index in [9.17, 15) is 9.18 Å². The number of para-hydroxylation sites is 2. The van der Waals surface area contributed by atoms with Crippen molar-refractivity contribution in [3.63, 3.8) is 0 Å². The van der Waals surface area contributed by atoms with E-state index >= 15 is 0 Å². The summed E-state index contributed by atoms with van der Waals surface area (Å²) < 4.78 is 23.0. The van der Waals surface area contributed by atoms with Gasteiger partial charge in [-0.3, -0.25) is 13.8 Å². The average molecular weight is 460 g/mol. The van der Waals surface area contributed by atoms with Crippen LogP contribution < -0.4 is 10.3 Å².